The number of aromatic carboxylic acids is 1. The molecule has 0 bridgehead atoms. The molecule has 8 heteroatoms. The standard InChI is InChI=1S/C12H13FN2O5/c1-2-20-12(19)9(14)10(16)15-6-3-4-7(11(17)18)8(13)5-6/h3-5,9H,2,14H2,1H3,(H,15,16)(H,17,18). The number of carboxylic acids is 1. The maximum absolute atomic E-state index is 13.4. The van der Waals surface area contributed by atoms with Gasteiger partial charge in [0.2, 0.25) is 0 Å². The quantitative estimate of drug-likeness (QED) is 0.530. The molecular weight excluding hydrogens is 271 g/mol. The zero-order chi connectivity index (χ0) is 15.3. The number of ether oxygens (including phenoxy) is 1. The summed E-state index contributed by atoms with van der Waals surface area (Å²) in [5.41, 5.74) is 4.79. The Hall–Kier alpha value is -2.48. The maximum atomic E-state index is 13.4. The molecule has 0 heterocycles. The zero-order valence-corrected chi connectivity index (χ0v) is 10.6. The Bertz CT molecular complexity index is 547. The van der Waals surface area contributed by atoms with Crippen molar-refractivity contribution in [3.8, 4) is 0 Å². The number of anilines is 1. The van der Waals surface area contributed by atoms with E-state index < -0.39 is 35.3 Å². The van der Waals surface area contributed by atoms with E-state index in [1.54, 1.807) is 6.92 Å². The number of halogens is 1. The van der Waals surface area contributed by atoms with Crippen LogP contribution in [0.2, 0.25) is 0 Å². The molecule has 1 rings (SSSR count). The summed E-state index contributed by atoms with van der Waals surface area (Å²) < 4.78 is 17.9. The van der Waals surface area contributed by atoms with Crippen molar-refractivity contribution in [2.45, 2.75) is 13.0 Å². The lowest BCUT2D eigenvalue weighted by Crippen LogP contribution is -2.43. The molecule has 0 aromatic heterocycles. The molecule has 0 aliphatic carbocycles. The molecule has 1 unspecified atom stereocenters. The Kier molecular flexibility index (Phi) is 5.15. The average Bonchev–Trinajstić information content (AvgIpc) is 2.37. The van der Waals surface area contributed by atoms with E-state index in [0.717, 1.165) is 12.1 Å². The Labute approximate surface area is 113 Å². The molecule has 7 nitrogen and oxygen atoms in total. The molecule has 0 aliphatic heterocycles. The number of nitrogens with one attached hydrogen (secondary N) is 1. The lowest BCUT2D eigenvalue weighted by atomic mass is 10.2. The van der Waals surface area contributed by atoms with Gasteiger partial charge >= 0.3 is 11.9 Å². The van der Waals surface area contributed by atoms with Gasteiger partial charge in [-0.3, -0.25) is 4.79 Å². The summed E-state index contributed by atoms with van der Waals surface area (Å²) in [5, 5.41) is 10.8. The summed E-state index contributed by atoms with van der Waals surface area (Å²) in [6, 6.07) is 1.45. The van der Waals surface area contributed by atoms with E-state index in [4.69, 9.17) is 10.8 Å². The first-order valence-electron chi connectivity index (χ1n) is 5.62. The Morgan fingerprint density at radius 2 is 2.10 bits per heavy atom. The molecular formula is C12H13FN2O5. The summed E-state index contributed by atoms with van der Waals surface area (Å²) in [6.45, 7) is 1.63. The largest absolute Gasteiger partial charge is 0.478 e. The fraction of sp³-hybridized carbons (Fsp3) is 0.250. The van der Waals surface area contributed by atoms with Gasteiger partial charge in [0.1, 0.15) is 5.82 Å². The van der Waals surface area contributed by atoms with Crippen molar-refractivity contribution in [3.05, 3.63) is 29.6 Å². The lowest BCUT2D eigenvalue weighted by molar-refractivity contribution is -0.146. The minimum atomic E-state index is -1.54. The van der Waals surface area contributed by atoms with E-state index in [-0.39, 0.29) is 12.3 Å². The monoisotopic (exact) mass is 284 g/mol. The van der Waals surface area contributed by atoms with Crippen molar-refractivity contribution >= 4 is 23.5 Å². The van der Waals surface area contributed by atoms with Gasteiger partial charge in [-0.15, -0.1) is 0 Å². The van der Waals surface area contributed by atoms with Crippen molar-refractivity contribution in [1.29, 1.82) is 0 Å². The maximum Gasteiger partial charge on any atom is 0.338 e. The van der Waals surface area contributed by atoms with Crippen LogP contribution in [0.5, 0.6) is 0 Å². The van der Waals surface area contributed by atoms with Crippen molar-refractivity contribution < 1.29 is 28.6 Å². The van der Waals surface area contributed by atoms with E-state index in [9.17, 15) is 18.8 Å². The molecule has 1 atom stereocenters. The van der Waals surface area contributed by atoms with E-state index in [1.165, 1.54) is 6.07 Å². The fourth-order valence-electron chi connectivity index (χ4n) is 1.33. The Morgan fingerprint density at radius 3 is 2.60 bits per heavy atom. The molecule has 1 aromatic rings. The highest BCUT2D eigenvalue weighted by atomic mass is 19.1. The normalized spacial score (nSPS) is 11.6. The van der Waals surface area contributed by atoms with Crippen LogP contribution in [0.3, 0.4) is 0 Å². The molecule has 0 radical (unpaired) electrons. The first-order chi connectivity index (χ1) is 9.36. The van der Waals surface area contributed by atoms with Gasteiger partial charge in [-0.25, -0.2) is 14.0 Å². The number of nitrogens with two attached hydrogens (primary N) is 1. The molecule has 0 fully saturated rings. The molecule has 1 aromatic carbocycles. The van der Waals surface area contributed by atoms with Gasteiger partial charge in [-0.05, 0) is 25.1 Å². The van der Waals surface area contributed by atoms with E-state index in [1.807, 2.05) is 0 Å². The zero-order valence-electron chi connectivity index (χ0n) is 10.6. The highest BCUT2D eigenvalue weighted by Gasteiger charge is 2.23. The number of carboxylic acid groups (broad SMARTS) is 1. The smallest absolute Gasteiger partial charge is 0.338 e. The third-order valence-electron chi connectivity index (χ3n) is 2.29. The highest BCUT2D eigenvalue weighted by molar-refractivity contribution is 6.08. The lowest BCUT2D eigenvalue weighted by Gasteiger charge is -2.11. The second-order valence-corrected chi connectivity index (χ2v) is 3.72. The third-order valence-corrected chi connectivity index (χ3v) is 2.29. The van der Waals surface area contributed by atoms with Gasteiger partial charge < -0.3 is 20.9 Å². The molecule has 0 aliphatic rings. The second-order valence-electron chi connectivity index (χ2n) is 3.72. The van der Waals surface area contributed by atoms with E-state index in [0.29, 0.717) is 0 Å². The molecule has 0 saturated heterocycles. The number of benzene rings is 1. The summed E-state index contributed by atoms with van der Waals surface area (Å²) >= 11 is 0. The highest BCUT2D eigenvalue weighted by Crippen LogP contribution is 2.14. The molecule has 0 saturated carbocycles. The van der Waals surface area contributed by atoms with Crippen LogP contribution in [0.1, 0.15) is 17.3 Å². The Morgan fingerprint density at radius 1 is 1.45 bits per heavy atom. The van der Waals surface area contributed by atoms with Crippen molar-refractivity contribution in [3.63, 3.8) is 0 Å². The number of hydrogen-bond donors (Lipinski definition) is 3. The number of carbonyl (C=O) groups is 3. The van der Waals surface area contributed by atoms with Gasteiger partial charge in [0.05, 0.1) is 12.2 Å². The van der Waals surface area contributed by atoms with Crippen LogP contribution in [-0.2, 0) is 14.3 Å². The van der Waals surface area contributed by atoms with Gasteiger partial charge in [0, 0.05) is 5.69 Å². The molecule has 4 N–H and O–H groups in total. The van der Waals surface area contributed by atoms with Crippen LogP contribution in [0.25, 0.3) is 0 Å². The number of carbonyl (C=O) groups excluding carboxylic acids is 2. The van der Waals surface area contributed by atoms with Crippen LogP contribution < -0.4 is 11.1 Å². The molecule has 0 spiro atoms. The molecule has 108 valence electrons. The summed E-state index contributed by atoms with van der Waals surface area (Å²) in [6.07, 6.45) is 0. The topological polar surface area (TPSA) is 119 Å². The first kappa shape index (κ1) is 15.6. The van der Waals surface area contributed by atoms with Crippen LogP contribution in [0.4, 0.5) is 10.1 Å². The predicted molar refractivity (Wildman–Crippen MR) is 66.6 cm³/mol. The molecule has 1 amide bonds. The minimum absolute atomic E-state index is 0.0164. The summed E-state index contributed by atoms with van der Waals surface area (Å²) in [4.78, 5) is 33.4. The van der Waals surface area contributed by atoms with Crippen molar-refractivity contribution in [2.75, 3.05) is 11.9 Å². The van der Waals surface area contributed by atoms with Crippen LogP contribution in [0.15, 0.2) is 18.2 Å². The second kappa shape index (κ2) is 6.62. The van der Waals surface area contributed by atoms with Crippen LogP contribution in [0, 0.1) is 5.82 Å². The number of hydrogen-bond acceptors (Lipinski definition) is 5. The SMILES string of the molecule is CCOC(=O)C(N)C(=O)Nc1ccc(C(=O)O)c(F)c1. The van der Waals surface area contributed by atoms with Crippen LogP contribution >= 0.6 is 0 Å². The van der Waals surface area contributed by atoms with E-state index in [2.05, 4.69) is 10.1 Å². The predicted octanol–water partition coefficient (Wildman–Crippen LogP) is 0.353. The van der Waals surface area contributed by atoms with Crippen LogP contribution in [-0.4, -0.2) is 35.6 Å². The van der Waals surface area contributed by atoms with Gasteiger partial charge in [-0.2, -0.15) is 0 Å². The number of rotatable bonds is 5. The van der Waals surface area contributed by atoms with Crippen molar-refractivity contribution in [2.24, 2.45) is 5.73 Å². The third kappa shape index (κ3) is 3.75. The minimum Gasteiger partial charge on any atom is -0.478 e. The summed E-state index contributed by atoms with van der Waals surface area (Å²) in [5.74, 6) is -4.23. The van der Waals surface area contributed by atoms with Gasteiger partial charge in [0.25, 0.3) is 5.91 Å². The van der Waals surface area contributed by atoms with Crippen molar-refractivity contribution in [1.82, 2.24) is 0 Å². The number of amides is 1. The first-order valence-corrected chi connectivity index (χ1v) is 5.62. The average molecular weight is 284 g/mol. The number of esters is 1. The summed E-state index contributed by atoms with van der Waals surface area (Å²) in [7, 11) is 0. The van der Waals surface area contributed by atoms with Gasteiger partial charge in [0.15, 0.2) is 6.04 Å². The Balaban J connectivity index is 2.79. The molecule has 20 heavy (non-hydrogen) atoms. The van der Waals surface area contributed by atoms with E-state index >= 15 is 0 Å². The van der Waals surface area contributed by atoms with Gasteiger partial charge in [-0.1, -0.05) is 0 Å². The fourth-order valence-corrected chi connectivity index (χ4v) is 1.33.